The summed E-state index contributed by atoms with van der Waals surface area (Å²) in [5.41, 5.74) is -1.08. The highest BCUT2D eigenvalue weighted by Gasteiger charge is 2.47. The second-order valence-electron chi connectivity index (χ2n) is 4.40. The van der Waals surface area contributed by atoms with Gasteiger partial charge in [0.05, 0.1) is 32.5 Å². The van der Waals surface area contributed by atoms with Crippen LogP contribution in [0.5, 0.6) is 0 Å². The van der Waals surface area contributed by atoms with Crippen molar-refractivity contribution in [3.63, 3.8) is 0 Å². The summed E-state index contributed by atoms with van der Waals surface area (Å²) in [5.74, 6) is -1.33. The molecule has 0 spiro atoms. The molecule has 0 aromatic heterocycles. The first-order chi connectivity index (χ1) is 8.50. The monoisotopic (exact) mass is 261 g/mol. The summed E-state index contributed by atoms with van der Waals surface area (Å²) in [6.45, 7) is 2.47. The van der Waals surface area contributed by atoms with E-state index in [1.165, 1.54) is 7.11 Å². The van der Waals surface area contributed by atoms with E-state index in [4.69, 9.17) is 19.3 Å². The van der Waals surface area contributed by atoms with Gasteiger partial charge in [-0.1, -0.05) is 0 Å². The smallest absolute Gasteiger partial charge is 0.313 e. The molecule has 7 heteroatoms. The summed E-state index contributed by atoms with van der Waals surface area (Å²) < 4.78 is 14.9. The number of hydrogen-bond acceptors (Lipinski definition) is 5. The average Bonchev–Trinajstić information content (AvgIpc) is 2.68. The van der Waals surface area contributed by atoms with Gasteiger partial charge in [-0.2, -0.15) is 0 Å². The molecule has 1 heterocycles. The zero-order valence-corrected chi connectivity index (χ0v) is 10.6. The van der Waals surface area contributed by atoms with Crippen LogP contribution in [0.25, 0.3) is 0 Å². The lowest BCUT2D eigenvalue weighted by atomic mass is 9.85. The Morgan fingerprint density at radius 3 is 2.83 bits per heavy atom. The minimum atomic E-state index is -1.08. The Balaban J connectivity index is 2.37. The van der Waals surface area contributed by atoms with Crippen LogP contribution in [0, 0.1) is 5.41 Å². The van der Waals surface area contributed by atoms with E-state index in [0.29, 0.717) is 13.2 Å². The maximum absolute atomic E-state index is 11.5. The van der Waals surface area contributed by atoms with Gasteiger partial charge in [-0.15, -0.1) is 0 Å². The standard InChI is InChI=1S/C11H19NO6/c1-11(10(14)15)7-18-5-8(11)12-9(13)6-17-4-3-16-2/h8H,3-7H2,1-2H3,(H,12,13)(H,14,15). The van der Waals surface area contributed by atoms with E-state index in [2.05, 4.69) is 5.32 Å². The van der Waals surface area contributed by atoms with Crippen LogP contribution in [0.2, 0.25) is 0 Å². The fourth-order valence-electron chi connectivity index (χ4n) is 1.63. The van der Waals surface area contributed by atoms with Gasteiger partial charge in [0, 0.05) is 7.11 Å². The van der Waals surface area contributed by atoms with Crippen LogP contribution >= 0.6 is 0 Å². The molecule has 2 unspecified atom stereocenters. The van der Waals surface area contributed by atoms with E-state index in [-0.39, 0.29) is 25.7 Å². The zero-order valence-electron chi connectivity index (χ0n) is 10.6. The van der Waals surface area contributed by atoms with Gasteiger partial charge < -0.3 is 24.6 Å². The SMILES string of the molecule is COCCOCC(=O)NC1COCC1(C)C(=O)O. The minimum Gasteiger partial charge on any atom is -0.481 e. The molecule has 0 aromatic rings. The van der Waals surface area contributed by atoms with Crippen LogP contribution in [-0.4, -0.2) is 63.2 Å². The lowest BCUT2D eigenvalue weighted by molar-refractivity contribution is -0.149. The summed E-state index contributed by atoms with van der Waals surface area (Å²) in [6, 6.07) is -0.534. The quantitative estimate of drug-likeness (QED) is 0.586. The first-order valence-electron chi connectivity index (χ1n) is 5.68. The Morgan fingerprint density at radius 2 is 2.22 bits per heavy atom. The first kappa shape index (κ1) is 14.9. The minimum absolute atomic E-state index is 0.0951. The predicted molar refractivity (Wildman–Crippen MR) is 61.2 cm³/mol. The van der Waals surface area contributed by atoms with Crippen molar-refractivity contribution < 1.29 is 28.9 Å². The molecule has 1 rings (SSSR count). The largest absolute Gasteiger partial charge is 0.481 e. The summed E-state index contributed by atoms with van der Waals surface area (Å²) in [5, 5.41) is 11.7. The molecule has 104 valence electrons. The van der Waals surface area contributed by atoms with Gasteiger partial charge >= 0.3 is 5.97 Å². The number of amides is 1. The normalized spacial score (nSPS) is 27.1. The molecule has 1 aliphatic heterocycles. The van der Waals surface area contributed by atoms with Crippen LogP contribution in [0.4, 0.5) is 0 Å². The Hall–Kier alpha value is -1.18. The van der Waals surface area contributed by atoms with Gasteiger partial charge in [0.1, 0.15) is 12.0 Å². The number of carbonyl (C=O) groups is 2. The third kappa shape index (κ3) is 3.66. The van der Waals surface area contributed by atoms with Crippen molar-refractivity contribution in [3.8, 4) is 0 Å². The molecule has 18 heavy (non-hydrogen) atoms. The van der Waals surface area contributed by atoms with E-state index in [1.807, 2.05) is 0 Å². The molecule has 1 amide bonds. The second kappa shape index (κ2) is 6.67. The molecule has 1 aliphatic rings. The number of carboxylic acids is 1. The Morgan fingerprint density at radius 1 is 1.50 bits per heavy atom. The molecule has 0 saturated carbocycles. The highest BCUT2D eigenvalue weighted by atomic mass is 16.5. The Kier molecular flexibility index (Phi) is 5.52. The number of ether oxygens (including phenoxy) is 3. The number of carboxylic acid groups (broad SMARTS) is 1. The predicted octanol–water partition coefficient (Wildman–Crippen LogP) is -0.745. The first-order valence-corrected chi connectivity index (χ1v) is 5.68. The van der Waals surface area contributed by atoms with Crippen molar-refractivity contribution in [3.05, 3.63) is 0 Å². The van der Waals surface area contributed by atoms with Gasteiger partial charge in [-0.25, -0.2) is 0 Å². The number of hydrogen-bond donors (Lipinski definition) is 2. The third-order valence-electron chi connectivity index (χ3n) is 2.94. The van der Waals surface area contributed by atoms with Crippen molar-refractivity contribution in [1.82, 2.24) is 5.32 Å². The lowest BCUT2D eigenvalue weighted by Gasteiger charge is -2.25. The average molecular weight is 261 g/mol. The molecule has 0 aromatic carbocycles. The van der Waals surface area contributed by atoms with Crippen molar-refractivity contribution in [2.75, 3.05) is 40.1 Å². The number of rotatable bonds is 7. The summed E-state index contributed by atoms with van der Waals surface area (Å²) in [7, 11) is 1.54. The van der Waals surface area contributed by atoms with Crippen LogP contribution in [0.1, 0.15) is 6.92 Å². The van der Waals surface area contributed by atoms with Crippen molar-refractivity contribution in [2.24, 2.45) is 5.41 Å². The van der Waals surface area contributed by atoms with Gasteiger partial charge in [0.2, 0.25) is 5.91 Å². The molecule has 0 radical (unpaired) electrons. The molecule has 7 nitrogen and oxygen atoms in total. The van der Waals surface area contributed by atoms with Crippen molar-refractivity contribution >= 4 is 11.9 Å². The fraction of sp³-hybridized carbons (Fsp3) is 0.818. The van der Waals surface area contributed by atoms with E-state index >= 15 is 0 Å². The van der Waals surface area contributed by atoms with Crippen molar-refractivity contribution in [1.29, 1.82) is 0 Å². The summed E-state index contributed by atoms with van der Waals surface area (Å²) >= 11 is 0. The van der Waals surface area contributed by atoms with E-state index < -0.39 is 17.4 Å². The zero-order chi connectivity index (χ0) is 13.6. The number of nitrogens with one attached hydrogen (secondary N) is 1. The molecule has 1 fully saturated rings. The van der Waals surface area contributed by atoms with Crippen LogP contribution in [0.15, 0.2) is 0 Å². The highest BCUT2D eigenvalue weighted by molar-refractivity contribution is 5.81. The summed E-state index contributed by atoms with van der Waals surface area (Å²) in [6.07, 6.45) is 0. The number of methoxy groups -OCH3 is 1. The fourth-order valence-corrected chi connectivity index (χ4v) is 1.63. The molecule has 2 atom stereocenters. The highest BCUT2D eigenvalue weighted by Crippen LogP contribution is 2.28. The van der Waals surface area contributed by atoms with Crippen molar-refractivity contribution in [2.45, 2.75) is 13.0 Å². The molecule has 2 N–H and O–H groups in total. The third-order valence-corrected chi connectivity index (χ3v) is 2.94. The topological polar surface area (TPSA) is 94.1 Å². The second-order valence-corrected chi connectivity index (χ2v) is 4.40. The molecular formula is C11H19NO6. The van der Waals surface area contributed by atoms with Gasteiger partial charge in [0.15, 0.2) is 0 Å². The maximum Gasteiger partial charge on any atom is 0.313 e. The van der Waals surface area contributed by atoms with Gasteiger partial charge in [0.25, 0.3) is 0 Å². The number of carbonyl (C=O) groups excluding carboxylic acids is 1. The molecule has 1 saturated heterocycles. The Labute approximate surface area is 105 Å². The molecular weight excluding hydrogens is 242 g/mol. The van der Waals surface area contributed by atoms with Crippen LogP contribution < -0.4 is 5.32 Å². The van der Waals surface area contributed by atoms with E-state index in [9.17, 15) is 9.59 Å². The van der Waals surface area contributed by atoms with E-state index in [0.717, 1.165) is 0 Å². The molecule has 0 aliphatic carbocycles. The summed E-state index contributed by atoms with van der Waals surface area (Å²) in [4.78, 5) is 22.7. The van der Waals surface area contributed by atoms with Gasteiger partial charge in [-0.05, 0) is 6.92 Å². The Bertz CT molecular complexity index is 308. The maximum atomic E-state index is 11.5. The van der Waals surface area contributed by atoms with Crippen LogP contribution in [-0.2, 0) is 23.8 Å². The van der Waals surface area contributed by atoms with Crippen LogP contribution in [0.3, 0.4) is 0 Å². The molecule has 0 bridgehead atoms. The van der Waals surface area contributed by atoms with E-state index in [1.54, 1.807) is 6.92 Å². The number of aliphatic carboxylic acids is 1. The van der Waals surface area contributed by atoms with Gasteiger partial charge in [-0.3, -0.25) is 9.59 Å². The lowest BCUT2D eigenvalue weighted by Crippen LogP contribution is -2.50.